The number of nitro benzene ring substituents is 1. The van der Waals surface area contributed by atoms with E-state index in [1.807, 2.05) is 0 Å². The molecule has 0 fully saturated rings. The van der Waals surface area contributed by atoms with Gasteiger partial charge < -0.3 is 9.63 Å². The molecule has 0 saturated carbocycles. The Hall–Kier alpha value is -1.34. The van der Waals surface area contributed by atoms with Crippen LogP contribution >= 0.6 is 6.42 Å². The first kappa shape index (κ1) is 19.7. The van der Waals surface area contributed by atoms with E-state index in [0.717, 1.165) is 18.1 Å². The van der Waals surface area contributed by atoms with Gasteiger partial charge in [0.05, 0.1) is 4.92 Å². The van der Waals surface area contributed by atoms with Crippen LogP contribution < -0.4 is 10.4 Å². The summed E-state index contributed by atoms with van der Waals surface area (Å²) >= 11 is 5.57. The number of carboxylic acid groups (broad SMARTS) is 1. The Bertz CT molecular complexity index is 623. The molecule has 23 heavy (non-hydrogen) atoms. The highest BCUT2D eigenvalue weighted by Gasteiger charge is 2.21. The lowest BCUT2D eigenvalue weighted by molar-refractivity contribution is -0.385. The number of carbonyl (C=O) groups is 1. The summed E-state index contributed by atoms with van der Waals surface area (Å²) in [6.07, 6.45) is -0.0758. The number of nitro groups is 1. The van der Waals surface area contributed by atoms with Crippen molar-refractivity contribution in [3.05, 3.63) is 33.9 Å². The summed E-state index contributed by atoms with van der Waals surface area (Å²) in [6, 6.07) is 4.77. The zero-order valence-corrected chi connectivity index (χ0v) is 14.9. The molecule has 2 N–H and O–H groups in total. The van der Waals surface area contributed by atoms with E-state index in [0.29, 0.717) is 18.5 Å². The summed E-state index contributed by atoms with van der Waals surface area (Å²) in [6.45, 7) is 2.28. The molecule has 0 amide bonds. The van der Waals surface area contributed by atoms with E-state index < -0.39 is 17.3 Å². The molecule has 0 aromatic heterocycles. The van der Waals surface area contributed by atoms with E-state index in [-0.39, 0.29) is 12.1 Å². The molecule has 1 unspecified atom stereocenters. The molecule has 1 aromatic rings. The van der Waals surface area contributed by atoms with Crippen LogP contribution in [0.15, 0.2) is 18.2 Å². The van der Waals surface area contributed by atoms with Crippen LogP contribution in [0.3, 0.4) is 0 Å². The Morgan fingerprint density at radius 1 is 1.43 bits per heavy atom. The molecule has 0 aliphatic heterocycles. The van der Waals surface area contributed by atoms with Gasteiger partial charge in [-0.2, -0.15) is 0 Å². The molecule has 7 nitrogen and oxygen atoms in total. The van der Waals surface area contributed by atoms with Crippen LogP contribution in [-0.4, -0.2) is 29.7 Å². The molecule has 0 spiro atoms. The number of rotatable bonds is 10. The van der Waals surface area contributed by atoms with Gasteiger partial charge in [0, 0.05) is 37.0 Å². The molecule has 1 rings (SSSR count). The van der Waals surface area contributed by atoms with Crippen molar-refractivity contribution < 1.29 is 19.3 Å². The van der Waals surface area contributed by atoms with Gasteiger partial charge in [0.15, 0.2) is 6.42 Å². The Balaban J connectivity index is 2.66. The Kier molecular flexibility index (Phi) is 7.78. The molecule has 0 aliphatic carbocycles. The highest BCUT2D eigenvalue weighted by Crippen LogP contribution is 2.41. The van der Waals surface area contributed by atoms with Crippen molar-refractivity contribution in [2.75, 3.05) is 13.7 Å². The normalized spacial score (nSPS) is 13.5. The average molecular weight is 360 g/mol. The van der Waals surface area contributed by atoms with E-state index in [9.17, 15) is 14.9 Å². The van der Waals surface area contributed by atoms with Gasteiger partial charge in [-0.1, -0.05) is 6.42 Å². The van der Waals surface area contributed by atoms with E-state index in [2.05, 4.69) is 5.09 Å². The number of aryl methyl sites for hydroxylation is 1. The summed E-state index contributed by atoms with van der Waals surface area (Å²) in [5.74, 6) is -0.790. The lowest BCUT2D eigenvalue weighted by atomic mass is 10.2. The number of benzene rings is 1. The number of hydrogen-bond acceptors (Lipinski definition) is 5. The lowest BCUT2D eigenvalue weighted by Gasteiger charge is -2.22. The fraction of sp³-hybridized carbons (Fsp3) is 0.500. The van der Waals surface area contributed by atoms with Crippen LogP contribution in [0.2, 0.25) is 0 Å². The second kappa shape index (κ2) is 9.08. The number of hydrogen-bond donors (Lipinski definition) is 2. The lowest BCUT2D eigenvalue weighted by Crippen LogP contribution is -2.22. The van der Waals surface area contributed by atoms with E-state index >= 15 is 0 Å². The maximum absolute atomic E-state index is 10.9. The van der Waals surface area contributed by atoms with Crippen LogP contribution in [0.25, 0.3) is 0 Å². The van der Waals surface area contributed by atoms with Crippen molar-refractivity contribution in [1.82, 2.24) is 5.09 Å². The number of nitrogens with one attached hydrogen (secondary N) is 1. The predicted molar refractivity (Wildman–Crippen MR) is 92.9 cm³/mol. The second-order valence-corrected chi connectivity index (χ2v) is 8.92. The van der Waals surface area contributed by atoms with Gasteiger partial charge in [0.1, 0.15) is 0 Å². The largest absolute Gasteiger partial charge is 0.481 e. The van der Waals surface area contributed by atoms with E-state index in [4.69, 9.17) is 21.4 Å². The Morgan fingerprint density at radius 3 is 2.65 bits per heavy atom. The molecule has 0 aliphatic rings. The molecule has 1 atom stereocenters. The third kappa shape index (κ3) is 5.99. The van der Waals surface area contributed by atoms with Gasteiger partial charge in [-0.3, -0.25) is 20.0 Å². The first-order valence-corrected chi connectivity index (χ1v) is 9.90. The molecular weight excluding hydrogens is 339 g/mol. The van der Waals surface area contributed by atoms with Crippen molar-refractivity contribution in [2.45, 2.75) is 32.6 Å². The van der Waals surface area contributed by atoms with Gasteiger partial charge in [-0.25, -0.2) is 0 Å². The van der Waals surface area contributed by atoms with Crippen LogP contribution in [0, 0.1) is 17.0 Å². The predicted octanol–water partition coefficient (Wildman–Crippen LogP) is 2.72. The van der Waals surface area contributed by atoms with E-state index in [1.165, 1.54) is 13.2 Å². The van der Waals surface area contributed by atoms with Crippen molar-refractivity contribution in [3.63, 3.8) is 0 Å². The van der Waals surface area contributed by atoms with Crippen molar-refractivity contribution in [3.8, 4) is 0 Å². The molecule has 0 bridgehead atoms. The molecule has 0 heterocycles. The fourth-order valence-corrected chi connectivity index (χ4v) is 4.32. The quantitative estimate of drug-likeness (QED) is 0.286. The van der Waals surface area contributed by atoms with Crippen molar-refractivity contribution >= 4 is 35.2 Å². The second-order valence-electron chi connectivity index (χ2n) is 5.07. The molecule has 0 radical (unpaired) electrons. The zero-order valence-electron chi connectivity index (χ0n) is 13.2. The standard InChI is InChI=1S/C14H21N2O5PS/c1-11-10-12(7-8-13(11)16(19)20)22(23,21-2)15-9-5-3-4-6-14(17)18/h7-8,10H,3-6,9H2,1-2H3,(H,15,23)(H,17,18). The minimum Gasteiger partial charge on any atom is -0.481 e. The maximum atomic E-state index is 10.9. The molecular formula is C14H21N2O5PS. The summed E-state index contributed by atoms with van der Waals surface area (Å²) in [5.41, 5.74) is 0.599. The number of aliphatic carboxylic acids is 1. The monoisotopic (exact) mass is 360 g/mol. The summed E-state index contributed by atoms with van der Waals surface area (Å²) in [4.78, 5) is 20.9. The Labute approximate surface area is 140 Å². The summed E-state index contributed by atoms with van der Waals surface area (Å²) in [7, 11) is 1.52. The SMILES string of the molecule is COP(=S)(NCCCCCC(=O)O)c1ccc([N+](=O)[O-])c(C)c1. The van der Waals surface area contributed by atoms with Gasteiger partial charge in [-0.15, -0.1) is 0 Å². The van der Waals surface area contributed by atoms with Crippen molar-refractivity contribution in [2.24, 2.45) is 0 Å². The van der Waals surface area contributed by atoms with Gasteiger partial charge in [0.2, 0.25) is 0 Å². The zero-order chi connectivity index (χ0) is 17.5. The molecule has 128 valence electrons. The Morgan fingerprint density at radius 2 is 2.13 bits per heavy atom. The third-order valence-corrected chi connectivity index (χ3v) is 6.94. The summed E-state index contributed by atoms with van der Waals surface area (Å²) < 4.78 is 5.47. The highest BCUT2D eigenvalue weighted by atomic mass is 32.4. The van der Waals surface area contributed by atoms with Gasteiger partial charge in [-0.05, 0) is 43.7 Å². The van der Waals surface area contributed by atoms with Crippen LogP contribution in [0.4, 0.5) is 5.69 Å². The first-order chi connectivity index (χ1) is 10.8. The van der Waals surface area contributed by atoms with Gasteiger partial charge >= 0.3 is 5.97 Å². The van der Waals surface area contributed by atoms with Gasteiger partial charge in [0.25, 0.3) is 5.69 Å². The topological polar surface area (TPSA) is 102 Å². The molecule has 0 saturated heterocycles. The van der Waals surface area contributed by atoms with Crippen LogP contribution in [-0.2, 0) is 21.1 Å². The van der Waals surface area contributed by atoms with Crippen LogP contribution in [0.1, 0.15) is 31.2 Å². The smallest absolute Gasteiger partial charge is 0.303 e. The number of carboxylic acids is 1. The van der Waals surface area contributed by atoms with E-state index in [1.54, 1.807) is 19.1 Å². The highest BCUT2D eigenvalue weighted by molar-refractivity contribution is 8.14. The molecule has 9 heteroatoms. The fourth-order valence-electron chi connectivity index (χ4n) is 2.09. The number of nitrogens with zero attached hydrogens (tertiary/aromatic N) is 1. The summed E-state index contributed by atoms with van der Waals surface area (Å²) in [5, 5.41) is 23.4. The average Bonchev–Trinajstić information content (AvgIpc) is 2.49. The van der Waals surface area contributed by atoms with Crippen molar-refractivity contribution in [1.29, 1.82) is 0 Å². The third-order valence-electron chi connectivity index (χ3n) is 3.36. The van der Waals surface area contributed by atoms with Crippen LogP contribution in [0.5, 0.6) is 0 Å². The molecule has 1 aromatic carbocycles. The first-order valence-electron chi connectivity index (χ1n) is 7.18. The number of unbranched alkanes of at least 4 members (excludes halogenated alkanes) is 2. The minimum absolute atomic E-state index is 0.0556. The maximum Gasteiger partial charge on any atom is 0.303 e. The minimum atomic E-state index is -2.45.